The van der Waals surface area contributed by atoms with E-state index in [0.29, 0.717) is 0 Å². The van der Waals surface area contributed by atoms with Gasteiger partial charge in [0.2, 0.25) is 0 Å². The van der Waals surface area contributed by atoms with E-state index in [4.69, 9.17) is 0 Å². The summed E-state index contributed by atoms with van der Waals surface area (Å²) in [5.74, 6) is 2.92. The van der Waals surface area contributed by atoms with Gasteiger partial charge in [-0.05, 0) is 24.7 Å². The van der Waals surface area contributed by atoms with Gasteiger partial charge in [0.1, 0.15) is 5.82 Å². The Morgan fingerprint density at radius 3 is 3.07 bits per heavy atom. The fourth-order valence-electron chi connectivity index (χ4n) is 2.31. The summed E-state index contributed by atoms with van der Waals surface area (Å²) < 4.78 is 2.35. The fraction of sp³-hybridized carbons (Fsp3) is 0.750. The minimum Gasteiger partial charge on any atom is -0.335 e. The first-order chi connectivity index (χ1) is 6.77. The van der Waals surface area contributed by atoms with Crippen molar-refractivity contribution in [2.45, 2.75) is 46.1 Å². The lowest BCUT2D eigenvalue weighted by atomic mass is 9.89. The Balaban J connectivity index is 2.15. The van der Waals surface area contributed by atoms with Gasteiger partial charge in [0.25, 0.3) is 0 Å². The van der Waals surface area contributed by atoms with Crippen LogP contribution in [0.5, 0.6) is 0 Å². The lowest BCUT2D eigenvalue weighted by Gasteiger charge is -2.24. The zero-order chi connectivity index (χ0) is 9.97. The predicted octanol–water partition coefficient (Wildman–Crippen LogP) is 2.88. The summed E-state index contributed by atoms with van der Waals surface area (Å²) in [5.41, 5.74) is 0. The first-order valence-electron chi connectivity index (χ1n) is 5.77. The van der Waals surface area contributed by atoms with Crippen molar-refractivity contribution in [3.63, 3.8) is 0 Å². The van der Waals surface area contributed by atoms with Crippen LogP contribution in [0.15, 0.2) is 12.4 Å². The number of fused-ring (bicyclic) bond motifs is 1. The summed E-state index contributed by atoms with van der Waals surface area (Å²) in [6.45, 7) is 5.85. The maximum atomic E-state index is 4.42. The quantitative estimate of drug-likeness (QED) is 0.669. The molecular formula is C12H20N2. The molecule has 0 bridgehead atoms. The van der Waals surface area contributed by atoms with Gasteiger partial charge in [-0.3, -0.25) is 0 Å². The highest BCUT2D eigenvalue weighted by Gasteiger charge is 2.17. The van der Waals surface area contributed by atoms with Gasteiger partial charge in [-0.1, -0.05) is 20.3 Å². The van der Waals surface area contributed by atoms with E-state index in [1.807, 2.05) is 6.20 Å². The minimum atomic E-state index is 0.795. The second-order valence-corrected chi connectivity index (χ2v) is 4.75. The summed E-state index contributed by atoms with van der Waals surface area (Å²) in [7, 11) is 0. The molecule has 1 aliphatic heterocycles. The Kier molecular flexibility index (Phi) is 2.90. The molecule has 1 atom stereocenters. The molecule has 1 aromatic heterocycles. The summed E-state index contributed by atoms with van der Waals surface area (Å²) in [6.07, 6.45) is 9.30. The van der Waals surface area contributed by atoms with Crippen molar-refractivity contribution in [2.75, 3.05) is 0 Å². The zero-order valence-corrected chi connectivity index (χ0v) is 9.24. The average Bonchev–Trinajstić information content (AvgIpc) is 2.50. The van der Waals surface area contributed by atoms with Crippen LogP contribution in [0, 0.1) is 11.8 Å². The number of hydrogen-bond acceptors (Lipinski definition) is 1. The van der Waals surface area contributed by atoms with Crippen LogP contribution >= 0.6 is 0 Å². The van der Waals surface area contributed by atoms with Crippen LogP contribution in [-0.4, -0.2) is 9.55 Å². The van der Waals surface area contributed by atoms with Crippen LogP contribution in [0.1, 0.15) is 38.9 Å². The van der Waals surface area contributed by atoms with Crippen LogP contribution in [-0.2, 0) is 13.0 Å². The maximum absolute atomic E-state index is 4.42. The monoisotopic (exact) mass is 192 g/mol. The molecule has 0 amide bonds. The molecule has 2 nitrogen and oxygen atoms in total. The Hall–Kier alpha value is -0.790. The van der Waals surface area contributed by atoms with E-state index in [-0.39, 0.29) is 0 Å². The predicted molar refractivity (Wildman–Crippen MR) is 58.1 cm³/mol. The van der Waals surface area contributed by atoms with Crippen LogP contribution in [0.3, 0.4) is 0 Å². The first kappa shape index (κ1) is 9.75. The number of rotatable bonds is 1. The standard InChI is InChI=1S/C12H20N2/c1-10(2)11-5-3-4-6-12-13-7-8-14(12)9-11/h7-8,10-11H,3-6,9H2,1-2H3. The molecule has 0 radical (unpaired) electrons. The van der Waals surface area contributed by atoms with Gasteiger partial charge < -0.3 is 4.57 Å². The van der Waals surface area contributed by atoms with Gasteiger partial charge in [-0.2, -0.15) is 0 Å². The lowest BCUT2D eigenvalue weighted by Crippen LogP contribution is -2.19. The van der Waals surface area contributed by atoms with Crippen molar-refractivity contribution in [1.29, 1.82) is 0 Å². The molecule has 1 aliphatic rings. The highest BCUT2D eigenvalue weighted by atomic mass is 15.1. The molecule has 2 heteroatoms. The third-order valence-corrected chi connectivity index (χ3v) is 3.40. The van der Waals surface area contributed by atoms with E-state index in [1.54, 1.807) is 0 Å². The van der Waals surface area contributed by atoms with E-state index in [2.05, 4.69) is 29.6 Å². The Morgan fingerprint density at radius 2 is 2.29 bits per heavy atom. The molecule has 2 rings (SSSR count). The molecule has 2 heterocycles. The van der Waals surface area contributed by atoms with Crippen LogP contribution in [0.25, 0.3) is 0 Å². The van der Waals surface area contributed by atoms with Gasteiger partial charge in [-0.25, -0.2) is 4.98 Å². The Bertz CT molecular complexity index is 288. The van der Waals surface area contributed by atoms with Crippen LogP contribution in [0.4, 0.5) is 0 Å². The molecule has 0 spiro atoms. The molecule has 78 valence electrons. The molecule has 14 heavy (non-hydrogen) atoms. The SMILES string of the molecule is CC(C)C1CCCCc2nccn2C1. The number of aromatic nitrogens is 2. The van der Waals surface area contributed by atoms with E-state index >= 15 is 0 Å². The van der Waals surface area contributed by atoms with Crippen molar-refractivity contribution < 1.29 is 0 Å². The second-order valence-electron chi connectivity index (χ2n) is 4.75. The smallest absolute Gasteiger partial charge is 0.108 e. The number of aryl methyl sites for hydroxylation is 1. The molecule has 1 aromatic rings. The highest BCUT2D eigenvalue weighted by molar-refractivity contribution is 4.94. The van der Waals surface area contributed by atoms with Crippen molar-refractivity contribution in [3.05, 3.63) is 18.2 Å². The third kappa shape index (κ3) is 1.99. The van der Waals surface area contributed by atoms with Gasteiger partial charge in [0, 0.05) is 25.4 Å². The summed E-state index contributed by atoms with van der Waals surface area (Å²) in [6, 6.07) is 0. The number of imidazole rings is 1. The first-order valence-corrected chi connectivity index (χ1v) is 5.77. The van der Waals surface area contributed by atoms with Gasteiger partial charge in [-0.15, -0.1) is 0 Å². The Morgan fingerprint density at radius 1 is 1.43 bits per heavy atom. The molecular weight excluding hydrogens is 172 g/mol. The van der Waals surface area contributed by atoms with E-state index in [9.17, 15) is 0 Å². The molecule has 1 unspecified atom stereocenters. The molecule has 0 fully saturated rings. The molecule has 0 N–H and O–H groups in total. The van der Waals surface area contributed by atoms with Crippen molar-refractivity contribution >= 4 is 0 Å². The topological polar surface area (TPSA) is 17.8 Å². The minimum absolute atomic E-state index is 0.795. The lowest BCUT2D eigenvalue weighted by molar-refractivity contribution is 0.291. The summed E-state index contributed by atoms with van der Waals surface area (Å²) in [5, 5.41) is 0. The van der Waals surface area contributed by atoms with E-state index in [1.165, 1.54) is 31.6 Å². The maximum Gasteiger partial charge on any atom is 0.108 e. The van der Waals surface area contributed by atoms with Gasteiger partial charge >= 0.3 is 0 Å². The zero-order valence-electron chi connectivity index (χ0n) is 9.24. The molecule has 0 saturated carbocycles. The van der Waals surface area contributed by atoms with Crippen molar-refractivity contribution in [2.24, 2.45) is 11.8 Å². The summed E-state index contributed by atoms with van der Waals surface area (Å²) >= 11 is 0. The number of nitrogens with zero attached hydrogens (tertiary/aromatic N) is 2. The molecule has 0 aliphatic carbocycles. The van der Waals surface area contributed by atoms with Crippen molar-refractivity contribution in [3.8, 4) is 0 Å². The largest absolute Gasteiger partial charge is 0.335 e. The van der Waals surface area contributed by atoms with E-state index < -0.39 is 0 Å². The van der Waals surface area contributed by atoms with Gasteiger partial charge in [0.05, 0.1) is 0 Å². The fourth-order valence-corrected chi connectivity index (χ4v) is 2.31. The average molecular weight is 192 g/mol. The molecule has 0 saturated heterocycles. The normalized spacial score (nSPS) is 22.9. The van der Waals surface area contributed by atoms with Gasteiger partial charge in [0.15, 0.2) is 0 Å². The molecule has 0 aromatic carbocycles. The second kappa shape index (κ2) is 4.16. The third-order valence-electron chi connectivity index (χ3n) is 3.40. The van der Waals surface area contributed by atoms with Crippen LogP contribution < -0.4 is 0 Å². The highest BCUT2D eigenvalue weighted by Crippen LogP contribution is 2.24. The van der Waals surface area contributed by atoms with E-state index in [0.717, 1.165) is 18.3 Å². The summed E-state index contributed by atoms with van der Waals surface area (Å²) in [4.78, 5) is 4.42. The number of hydrogen-bond donors (Lipinski definition) is 0. The van der Waals surface area contributed by atoms with Crippen LogP contribution in [0.2, 0.25) is 0 Å². The Labute approximate surface area is 86.3 Å². The van der Waals surface area contributed by atoms with Crippen molar-refractivity contribution in [1.82, 2.24) is 9.55 Å².